The summed E-state index contributed by atoms with van der Waals surface area (Å²) in [5.41, 5.74) is 0. The smallest absolute Gasteiger partial charge is 0.0701 e. The van der Waals surface area contributed by atoms with Crippen molar-refractivity contribution in [3.63, 3.8) is 0 Å². The number of nitriles is 1. The molecule has 1 aliphatic carbocycles. The van der Waals surface area contributed by atoms with Crippen molar-refractivity contribution in [2.45, 2.75) is 12.8 Å². The third-order valence-corrected chi connectivity index (χ3v) is 1.50. The van der Waals surface area contributed by atoms with Gasteiger partial charge in [0.2, 0.25) is 0 Å². The summed E-state index contributed by atoms with van der Waals surface area (Å²) in [5, 5.41) is 7.96. The number of rotatable bonds is 0. The summed E-state index contributed by atoms with van der Waals surface area (Å²) >= 11 is 0. The first-order valence-electron chi connectivity index (χ1n) is 3.98. The maximum absolute atomic E-state index is 7.96. The molecule has 2 rings (SSSR count). The normalized spacial score (nSPS) is 22.8. The van der Waals surface area contributed by atoms with Crippen LogP contribution in [-0.2, 0) is 9.47 Å². The topological polar surface area (TPSA) is 42.2 Å². The lowest BCUT2D eigenvalue weighted by molar-refractivity contribution is -0.0334. The summed E-state index contributed by atoms with van der Waals surface area (Å²) in [6.45, 7) is 3.11. The predicted molar refractivity (Wildman–Crippen MR) is 40.0 cm³/mol. The fraction of sp³-hybridized carbons (Fsp3) is 0.875. The summed E-state index contributed by atoms with van der Waals surface area (Å²) in [5.74, 6) is 0.440. The molecule has 2 fully saturated rings. The van der Waals surface area contributed by atoms with Crippen LogP contribution in [0.4, 0.5) is 0 Å². The molecule has 3 nitrogen and oxygen atoms in total. The third kappa shape index (κ3) is 4.77. The molecule has 0 aromatic heterocycles. The molecular formula is C8H13NO2. The second kappa shape index (κ2) is 5.11. The van der Waals surface area contributed by atoms with Gasteiger partial charge in [0.1, 0.15) is 0 Å². The van der Waals surface area contributed by atoms with E-state index in [9.17, 15) is 0 Å². The number of nitrogens with zero attached hydrogens (tertiary/aromatic N) is 1. The largest absolute Gasteiger partial charge is 0.377 e. The van der Waals surface area contributed by atoms with Crippen molar-refractivity contribution in [1.82, 2.24) is 0 Å². The van der Waals surface area contributed by atoms with Crippen LogP contribution in [0.3, 0.4) is 0 Å². The molecule has 0 bridgehead atoms. The zero-order valence-corrected chi connectivity index (χ0v) is 6.58. The Labute approximate surface area is 66.9 Å². The minimum absolute atomic E-state index is 0.440. The van der Waals surface area contributed by atoms with Crippen molar-refractivity contribution in [3.8, 4) is 6.07 Å². The van der Waals surface area contributed by atoms with Crippen LogP contribution in [0, 0.1) is 17.2 Å². The number of hydrogen-bond acceptors (Lipinski definition) is 3. The van der Waals surface area contributed by atoms with Gasteiger partial charge in [0.05, 0.1) is 32.5 Å². The summed E-state index contributed by atoms with van der Waals surface area (Å²) in [6.07, 6.45) is 2.30. The molecule has 2 aliphatic rings. The first kappa shape index (κ1) is 8.51. The highest BCUT2D eigenvalue weighted by Gasteiger charge is 2.19. The molecule has 0 atom stereocenters. The first-order chi connectivity index (χ1) is 5.43. The van der Waals surface area contributed by atoms with Gasteiger partial charge in [0, 0.05) is 5.92 Å². The third-order valence-electron chi connectivity index (χ3n) is 1.50. The zero-order chi connectivity index (χ0) is 7.94. The van der Waals surface area contributed by atoms with E-state index in [1.54, 1.807) is 0 Å². The van der Waals surface area contributed by atoms with Crippen LogP contribution in [0.15, 0.2) is 0 Å². The minimum Gasteiger partial charge on any atom is -0.377 e. The van der Waals surface area contributed by atoms with Crippen LogP contribution in [0.25, 0.3) is 0 Å². The Bertz CT molecular complexity index is 122. The Morgan fingerprint density at radius 3 is 1.55 bits per heavy atom. The highest BCUT2D eigenvalue weighted by atomic mass is 16.6. The Hall–Kier alpha value is -0.590. The van der Waals surface area contributed by atoms with Gasteiger partial charge in [0.25, 0.3) is 0 Å². The molecule has 1 saturated heterocycles. The molecule has 0 unspecified atom stereocenters. The van der Waals surface area contributed by atoms with E-state index in [1.807, 2.05) is 0 Å². The molecule has 0 spiro atoms. The molecule has 0 amide bonds. The van der Waals surface area contributed by atoms with E-state index in [-0.39, 0.29) is 0 Å². The molecule has 1 saturated carbocycles. The van der Waals surface area contributed by atoms with Crippen LogP contribution >= 0.6 is 0 Å². The van der Waals surface area contributed by atoms with Crippen LogP contribution in [-0.4, -0.2) is 26.4 Å². The second-order valence-corrected chi connectivity index (χ2v) is 2.63. The summed E-state index contributed by atoms with van der Waals surface area (Å²) < 4.78 is 9.89. The van der Waals surface area contributed by atoms with Crippen LogP contribution < -0.4 is 0 Å². The summed E-state index contributed by atoms with van der Waals surface area (Å²) in [6, 6.07) is 2.14. The van der Waals surface area contributed by atoms with E-state index in [0.717, 1.165) is 39.3 Å². The van der Waals surface area contributed by atoms with Gasteiger partial charge in [-0.25, -0.2) is 0 Å². The van der Waals surface area contributed by atoms with Gasteiger partial charge < -0.3 is 9.47 Å². The van der Waals surface area contributed by atoms with Crippen molar-refractivity contribution in [1.29, 1.82) is 5.26 Å². The second-order valence-electron chi connectivity index (χ2n) is 2.63. The fourth-order valence-corrected chi connectivity index (χ4v) is 0.652. The fourth-order valence-electron chi connectivity index (χ4n) is 0.652. The lowest BCUT2D eigenvalue weighted by Gasteiger charge is -2.09. The molecule has 0 aromatic carbocycles. The van der Waals surface area contributed by atoms with Crippen LogP contribution in [0.2, 0.25) is 0 Å². The Morgan fingerprint density at radius 2 is 1.45 bits per heavy atom. The molecule has 0 radical (unpaired) electrons. The quantitative estimate of drug-likeness (QED) is 0.523. The molecule has 0 N–H and O–H groups in total. The van der Waals surface area contributed by atoms with E-state index in [4.69, 9.17) is 14.7 Å². The maximum atomic E-state index is 7.96. The predicted octanol–water partition coefficient (Wildman–Crippen LogP) is 0.953. The molecule has 1 aliphatic heterocycles. The SMILES string of the molecule is C1COCCO1.N#CC1CC1. The monoisotopic (exact) mass is 155 g/mol. The van der Waals surface area contributed by atoms with Gasteiger partial charge in [-0.3, -0.25) is 0 Å². The van der Waals surface area contributed by atoms with Crippen LogP contribution in [0.1, 0.15) is 12.8 Å². The molecule has 1 heterocycles. The molecule has 0 aromatic rings. The van der Waals surface area contributed by atoms with Gasteiger partial charge in [-0.05, 0) is 12.8 Å². The van der Waals surface area contributed by atoms with Crippen molar-refractivity contribution < 1.29 is 9.47 Å². The molecule has 3 heteroatoms. The Morgan fingerprint density at radius 1 is 1.00 bits per heavy atom. The maximum Gasteiger partial charge on any atom is 0.0701 e. The average molecular weight is 155 g/mol. The van der Waals surface area contributed by atoms with Gasteiger partial charge >= 0.3 is 0 Å². The number of hydrogen-bond donors (Lipinski definition) is 0. The van der Waals surface area contributed by atoms with Crippen molar-refractivity contribution >= 4 is 0 Å². The van der Waals surface area contributed by atoms with E-state index in [1.165, 1.54) is 0 Å². The van der Waals surface area contributed by atoms with Crippen LogP contribution in [0.5, 0.6) is 0 Å². The lowest BCUT2D eigenvalue weighted by atomic mass is 10.5. The van der Waals surface area contributed by atoms with E-state index >= 15 is 0 Å². The Balaban J connectivity index is 0.000000112. The molecule has 11 heavy (non-hydrogen) atoms. The number of ether oxygens (including phenoxy) is 2. The van der Waals surface area contributed by atoms with Gasteiger partial charge in [-0.15, -0.1) is 0 Å². The van der Waals surface area contributed by atoms with E-state index in [2.05, 4.69) is 6.07 Å². The van der Waals surface area contributed by atoms with Crippen molar-refractivity contribution in [2.24, 2.45) is 5.92 Å². The van der Waals surface area contributed by atoms with E-state index in [0.29, 0.717) is 5.92 Å². The Kier molecular flexibility index (Phi) is 3.95. The highest BCUT2D eigenvalue weighted by molar-refractivity contribution is 4.92. The van der Waals surface area contributed by atoms with Crippen molar-refractivity contribution in [3.05, 3.63) is 0 Å². The van der Waals surface area contributed by atoms with Gasteiger partial charge in [-0.1, -0.05) is 0 Å². The highest BCUT2D eigenvalue weighted by Crippen LogP contribution is 2.26. The van der Waals surface area contributed by atoms with Gasteiger partial charge in [0.15, 0.2) is 0 Å². The average Bonchev–Trinajstić information content (AvgIpc) is 2.91. The summed E-state index contributed by atoms with van der Waals surface area (Å²) in [7, 11) is 0. The van der Waals surface area contributed by atoms with Crippen molar-refractivity contribution in [2.75, 3.05) is 26.4 Å². The summed E-state index contributed by atoms with van der Waals surface area (Å²) in [4.78, 5) is 0. The standard InChI is InChI=1S/C4H5N.C4H8O2/c5-3-4-1-2-4;1-2-6-4-3-5-1/h4H,1-2H2;1-4H2. The first-order valence-corrected chi connectivity index (χ1v) is 3.98. The molecular weight excluding hydrogens is 142 g/mol. The van der Waals surface area contributed by atoms with Gasteiger partial charge in [-0.2, -0.15) is 5.26 Å². The lowest BCUT2D eigenvalue weighted by Crippen LogP contribution is -2.16. The molecule has 62 valence electrons. The van der Waals surface area contributed by atoms with E-state index < -0.39 is 0 Å². The minimum atomic E-state index is 0.440. The zero-order valence-electron chi connectivity index (χ0n) is 6.58.